The lowest BCUT2D eigenvalue weighted by Crippen LogP contribution is -2.02. The number of rotatable bonds is 3. The van der Waals surface area contributed by atoms with Gasteiger partial charge in [-0.1, -0.05) is 17.7 Å². The van der Waals surface area contributed by atoms with Crippen molar-refractivity contribution < 1.29 is 14.6 Å². The molecule has 1 aromatic carbocycles. The molecule has 0 atom stereocenters. The lowest BCUT2D eigenvalue weighted by atomic mass is 10.0. The molecule has 5 heteroatoms. The Bertz CT molecular complexity index is 641. The second-order valence-corrected chi connectivity index (χ2v) is 4.46. The minimum absolute atomic E-state index is 0.0348. The lowest BCUT2D eigenvalue weighted by Gasteiger charge is -2.08. The SMILES string of the molecule is COc1ncc(-c2ccc(Cl)c(C)c2)cc1C(=O)O. The highest BCUT2D eigenvalue weighted by molar-refractivity contribution is 6.31. The van der Waals surface area contributed by atoms with Gasteiger partial charge < -0.3 is 9.84 Å². The van der Waals surface area contributed by atoms with E-state index in [1.807, 2.05) is 19.1 Å². The fraction of sp³-hybridized carbons (Fsp3) is 0.143. The molecule has 0 amide bonds. The highest BCUT2D eigenvalue weighted by Crippen LogP contribution is 2.27. The summed E-state index contributed by atoms with van der Waals surface area (Å²) in [5.41, 5.74) is 2.52. The van der Waals surface area contributed by atoms with E-state index in [2.05, 4.69) is 4.98 Å². The van der Waals surface area contributed by atoms with Gasteiger partial charge in [0.05, 0.1) is 7.11 Å². The molecule has 2 rings (SSSR count). The van der Waals surface area contributed by atoms with Crippen molar-refractivity contribution in [2.75, 3.05) is 7.11 Å². The zero-order valence-corrected chi connectivity index (χ0v) is 11.2. The number of ether oxygens (including phenoxy) is 1. The van der Waals surface area contributed by atoms with Crippen LogP contribution in [0.3, 0.4) is 0 Å². The average Bonchev–Trinajstić information content (AvgIpc) is 2.41. The Morgan fingerprint density at radius 2 is 2.05 bits per heavy atom. The number of methoxy groups -OCH3 is 1. The van der Waals surface area contributed by atoms with Crippen LogP contribution >= 0.6 is 11.6 Å². The van der Waals surface area contributed by atoms with E-state index in [0.29, 0.717) is 10.6 Å². The van der Waals surface area contributed by atoms with Gasteiger partial charge in [0.25, 0.3) is 0 Å². The van der Waals surface area contributed by atoms with Crippen LogP contribution in [0.1, 0.15) is 15.9 Å². The fourth-order valence-corrected chi connectivity index (χ4v) is 1.87. The summed E-state index contributed by atoms with van der Waals surface area (Å²) < 4.78 is 4.93. The average molecular weight is 278 g/mol. The van der Waals surface area contributed by atoms with Gasteiger partial charge in [-0.25, -0.2) is 9.78 Å². The second-order valence-electron chi connectivity index (χ2n) is 4.05. The highest BCUT2D eigenvalue weighted by atomic mass is 35.5. The summed E-state index contributed by atoms with van der Waals surface area (Å²) in [6.07, 6.45) is 1.58. The molecule has 0 aliphatic rings. The van der Waals surface area contributed by atoms with Gasteiger partial charge in [-0.2, -0.15) is 0 Å². The fourth-order valence-electron chi connectivity index (χ4n) is 1.75. The number of hydrogen-bond acceptors (Lipinski definition) is 3. The quantitative estimate of drug-likeness (QED) is 0.934. The predicted molar refractivity (Wildman–Crippen MR) is 72.9 cm³/mol. The Labute approximate surface area is 115 Å². The maximum Gasteiger partial charge on any atom is 0.341 e. The third-order valence-corrected chi connectivity index (χ3v) is 3.19. The van der Waals surface area contributed by atoms with Crippen molar-refractivity contribution in [3.05, 3.63) is 46.6 Å². The molecule has 19 heavy (non-hydrogen) atoms. The molecule has 2 aromatic rings. The van der Waals surface area contributed by atoms with E-state index in [1.54, 1.807) is 12.3 Å². The molecular formula is C14H12ClNO3. The van der Waals surface area contributed by atoms with Crippen molar-refractivity contribution in [2.24, 2.45) is 0 Å². The third kappa shape index (κ3) is 2.69. The minimum atomic E-state index is -1.07. The Balaban J connectivity index is 2.53. The van der Waals surface area contributed by atoms with Gasteiger partial charge >= 0.3 is 5.97 Å². The van der Waals surface area contributed by atoms with Crippen molar-refractivity contribution in [3.8, 4) is 17.0 Å². The molecule has 0 saturated heterocycles. The summed E-state index contributed by atoms with van der Waals surface area (Å²) in [4.78, 5) is 15.2. The zero-order chi connectivity index (χ0) is 14.0. The number of aryl methyl sites for hydroxylation is 1. The number of nitrogens with zero attached hydrogens (tertiary/aromatic N) is 1. The molecule has 0 spiro atoms. The summed E-state index contributed by atoms with van der Waals surface area (Å²) in [6, 6.07) is 7.02. The largest absolute Gasteiger partial charge is 0.480 e. The van der Waals surface area contributed by atoms with Crippen LogP contribution in [0.25, 0.3) is 11.1 Å². The van der Waals surface area contributed by atoms with Gasteiger partial charge in [0.2, 0.25) is 5.88 Å². The molecule has 1 heterocycles. The van der Waals surface area contributed by atoms with Crippen LogP contribution in [0.15, 0.2) is 30.5 Å². The van der Waals surface area contributed by atoms with Gasteiger partial charge in [-0.05, 0) is 36.2 Å². The molecule has 0 aliphatic carbocycles. The molecule has 0 aliphatic heterocycles. The monoisotopic (exact) mass is 277 g/mol. The first kappa shape index (κ1) is 13.4. The van der Waals surface area contributed by atoms with E-state index in [1.165, 1.54) is 13.2 Å². The highest BCUT2D eigenvalue weighted by Gasteiger charge is 2.14. The first-order valence-corrected chi connectivity index (χ1v) is 5.94. The number of aromatic nitrogens is 1. The first-order chi connectivity index (χ1) is 9.02. The number of carboxylic acids is 1. The van der Waals surface area contributed by atoms with Crippen LogP contribution in [-0.2, 0) is 0 Å². The molecule has 0 fully saturated rings. The van der Waals surface area contributed by atoms with Crippen molar-refractivity contribution in [1.82, 2.24) is 4.98 Å². The summed E-state index contributed by atoms with van der Waals surface area (Å²) >= 11 is 5.97. The van der Waals surface area contributed by atoms with Crippen molar-refractivity contribution in [1.29, 1.82) is 0 Å². The second kappa shape index (κ2) is 5.28. The maximum atomic E-state index is 11.1. The van der Waals surface area contributed by atoms with E-state index in [9.17, 15) is 4.79 Å². The van der Waals surface area contributed by atoms with E-state index in [-0.39, 0.29) is 11.4 Å². The van der Waals surface area contributed by atoms with Gasteiger partial charge in [0.1, 0.15) is 5.56 Å². The Kier molecular flexibility index (Phi) is 3.71. The molecule has 0 bridgehead atoms. The summed E-state index contributed by atoms with van der Waals surface area (Å²) in [6.45, 7) is 1.89. The number of hydrogen-bond donors (Lipinski definition) is 1. The Morgan fingerprint density at radius 3 is 2.63 bits per heavy atom. The van der Waals surface area contributed by atoms with E-state index >= 15 is 0 Å². The van der Waals surface area contributed by atoms with Crippen molar-refractivity contribution in [3.63, 3.8) is 0 Å². The molecule has 0 saturated carbocycles. The third-order valence-electron chi connectivity index (χ3n) is 2.77. The number of halogens is 1. The molecule has 0 radical (unpaired) electrons. The molecule has 0 unspecified atom stereocenters. The summed E-state index contributed by atoms with van der Waals surface area (Å²) in [5.74, 6) is -0.973. The number of carbonyl (C=O) groups is 1. The molecule has 98 valence electrons. The zero-order valence-electron chi connectivity index (χ0n) is 10.5. The number of carboxylic acid groups (broad SMARTS) is 1. The number of pyridine rings is 1. The van der Waals surface area contributed by atoms with E-state index in [0.717, 1.165) is 11.1 Å². The standard InChI is InChI=1S/C14H12ClNO3/c1-8-5-9(3-4-12(8)15)10-6-11(14(17)18)13(19-2)16-7-10/h3-7H,1-2H3,(H,17,18). The van der Waals surface area contributed by atoms with Crippen molar-refractivity contribution >= 4 is 17.6 Å². The molecule has 1 aromatic heterocycles. The van der Waals surface area contributed by atoms with Crippen LogP contribution in [0.5, 0.6) is 5.88 Å². The van der Waals surface area contributed by atoms with Gasteiger partial charge in [0, 0.05) is 16.8 Å². The van der Waals surface area contributed by atoms with Crippen LogP contribution in [0.4, 0.5) is 0 Å². The van der Waals surface area contributed by atoms with E-state index < -0.39 is 5.97 Å². The minimum Gasteiger partial charge on any atom is -0.480 e. The van der Waals surface area contributed by atoms with Crippen LogP contribution < -0.4 is 4.74 Å². The maximum absolute atomic E-state index is 11.1. The van der Waals surface area contributed by atoms with Crippen LogP contribution in [-0.4, -0.2) is 23.2 Å². The van der Waals surface area contributed by atoms with Crippen LogP contribution in [0.2, 0.25) is 5.02 Å². The summed E-state index contributed by atoms with van der Waals surface area (Å²) in [7, 11) is 1.39. The Morgan fingerprint density at radius 1 is 1.32 bits per heavy atom. The topological polar surface area (TPSA) is 59.4 Å². The molecule has 1 N–H and O–H groups in total. The normalized spacial score (nSPS) is 10.3. The Hall–Kier alpha value is -2.07. The lowest BCUT2D eigenvalue weighted by molar-refractivity contribution is 0.0692. The number of aromatic carboxylic acids is 1. The van der Waals surface area contributed by atoms with Gasteiger partial charge in [-0.3, -0.25) is 0 Å². The summed E-state index contributed by atoms with van der Waals surface area (Å²) in [5, 5.41) is 9.80. The van der Waals surface area contributed by atoms with Crippen molar-refractivity contribution in [2.45, 2.75) is 6.92 Å². The predicted octanol–water partition coefficient (Wildman–Crippen LogP) is 3.42. The smallest absolute Gasteiger partial charge is 0.341 e. The molecular weight excluding hydrogens is 266 g/mol. The first-order valence-electron chi connectivity index (χ1n) is 5.56. The van der Waals surface area contributed by atoms with Gasteiger partial charge in [-0.15, -0.1) is 0 Å². The molecule has 4 nitrogen and oxygen atoms in total. The number of benzene rings is 1. The van der Waals surface area contributed by atoms with Crippen LogP contribution in [0, 0.1) is 6.92 Å². The van der Waals surface area contributed by atoms with E-state index in [4.69, 9.17) is 21.4 Å². The van der Waals surface area contributed by atoms with Gasteiger partial charge in [0.15, 0.2) is 0 Å².